The predicted octanol–water partition coefficient (Wildman–Crippen LogP) is 0.116. The number of furan rings is 1. The molecule has 1 aromatic carbocycles. The number of carbonyl (C=O) groups excluding carboxylic acids is 1. The molecule has 4 N–H and O–H groups in total. The number of aryl methyl sites for hydroxylation is 1. The number of aliphatic hydroxyl groups excluding tert-OH is 3. The summed E-state index contributed by atoms with van der Waals surface area (Å²) in [7, 11) is 0. The lowest BCUT2D eigenvalue weighted by Gasteiger charge is -2.28. The van der Waals surface area contributed by atoms with Gasteiger partial charge in [0.05, 0.1) is 32.5 Å². The smallest absolute Gasteiger partial charge is 0.225 e. The molecule has 0 unspecified atom stereocenters. The maximum Gasteiger partial charge on any atom is 0.225 e. The molecule has 6 heteroatoms. The molecule has 1 aromatic heterocycles. The number of nitrogens with one attached hydrogen (secondary N) is 1. The van der Waals surface area contributed by atoms with Crippen LogP contribution in [0.2, 0.25) is 0 Å². The van der Waals surface area contributed by atoms with Crippen LogP contribution in [0.25, 0.3) is 11.0 Å². The van der Waals surface area contributed by atoms with Crippen LogP contribution < -0.4 is 5.32 Å². The zero-order chi connectivity index (χ0) is 15.5. The van der Waals surface area contributed by atoms with Crippen molar-refractivity contribution in [3.8, 4) is 0 Å². The molecule has 0 aliphatic carbocycles. The van der Waals surface area contributed by atoms with E-state index in [1.807, 2.05) is 25.1 Å². The van der Waals surface area contributed by atoms with Gasteiger partial charge in [-0.1, -0.05) is 12.1 Å². The third kappa shape index (κ3) is 3.24. The monoisotopic (exact) mass is 293 g/mol. The van der Waals surface area contributed by atoms with Crippen LogP contribution in [0.4, 0.5) is 0 Å². The topological polar surface area (TPSA) is 103 Å². The van der Waals surface area contributed by atoms with E-state index in [0.717, 1.165) is 10.9 Å². The molecule has 2 rings (SSSR count). The molecule has 6 nitrogen and oxygen atoms in total. The Morgan fingerprint density at radius 1 is 1.24 bits per heavy atom. The van der Waals surface area contributed by atoms with Crippen LogP contribution in [0.5, 0.6) is 0 Å². The number of amides is 1. The summed E-state index contributed by atoms with van der Waals surface area (Å²) in [6, 6.07) is 5.70. The SMILES string of the molecule is Cc1ccc2c(CC(=O)NC(CO)(CO)CO)coc2c1. The third-order valence-electron chi connectivity index (χ3n) is 3.47. The lowest BCUT2D eigenvalue weighted by atomic mass is 10.0. The first-order valence-corrected chi connectivity index (χ1v) is 6.64. The van der Waals surface area contributed by atoms with Crippen LogP contribution in [0.1, 0.15) is 11.1 Å². The molecular weight excluding hydrogens is 274 g/mol. The summed E-state index contributed by atoms with van der Waals surface area (Å²) in [6.45, 7) is 0.317. The average Bonchev–Trinajstić information content (AvgIpc) is 2.87. The predicted molar refractivity (Wildman–Crippen MR) is 76.8 cm³/mol. The summed E-state index contributed by atoms with van der Waals surface area (Å²) in [5, 5.41) is 30.9. The first kappa shape index (κ1) is 15.5. The summed E-state index contributed by atoms with van der Waals surface area (Å²) in [5.41, 5.74) is 1.07. The van der Waals surface area contributed by atoms with Gasteiger partial charge in [-0.25, -0.2) is 0 Å². The fraction of sp³-hybridized carbons (Fsp3) is 0.400. The molecule has 1 amide bonds. The summed E-state index contributed by atoms with van der Waals surface area (Å²) < 4.78 is 5.41. The highest BCUT2D eigenvalue weighted by atomic mass is 16.3. The van der Waals surface area contributed by atoms with E-state index in [1.54, 1.807) is 0 Å². The second-order valence-corrected chi connectivity index (χ2v) is 5.24. The van der Waals surface area contributed by atoms with Crippen LogP contribution in [0.3, 0.4) is 0 Å². The summed E-state index contributed by atoms with van der Waals surface area (Å²) in [5.74, 6) is -0.407. The standard InChI is InChI=1S/C15H19NO5/c1-10-2-3-12-11(6-21-13(12)4-10)5-14(20)16-15(7-17,8-18)9-19/h2-4,6,17-19H,5,7-9H2,1H3,(H,16,20). The highest BCUT2D eigenvalue weighted by molar-refractivity contribution is 5.88. The number of rotatable bonds is 6. The third-order valence-corrected chi connectivity index (χ3v) is 3.47. The summed E-state index contributed by atoms with van der Waals surface area (Å²) in [6.07, 6.45) is 1.56. The molecule has 0 saturated carbocycles. The Balaban J connectivity index is 2.15. The Hall–Kier alpha value is -1.89. The van der Waals surface area contributed by atoms with Gasteiger partial charge in [0.15, 0.2) is 0 Å². The fourth-order valence-electron chi connectivity index (χ4n) is 2.11. The molecule has 0 aliphatic heterocycles. The zero-order valence-corrected chi connectivity index (χ0v) is 11.8. The van der Waals surface area contributed by atoms with Gasteiger partial charge in [-0.2, -0.15) is 0 Å². The van der Waals surface area contributed by atoms with Gasteiger partial charge in [0.25, 0.3) is 0 Å². The molecule has 0 aliphatic rings. The van der Waals surface area contributed by atoms with Gasteiger partial charge in [0.2, 0.25) is 5.91 Å². The maximum atomic E-state index is 12.0. The molecule has 0 bridgehead atoms. The van der Waals surface area contributed by atoms with E-state index in [2.05, 4.69) is 5.32 Å². The largest absolute Gasteiger partial charge is 0.464 e. The maximum absolute atomic E-state index is 12.0. The van der Waals surface area contributed by atoms with Crippen molar-refractivity contribution < 1.29 is 24.5 Å². The van der Waals surface area contributed by atoms with Crippen molar-refractivity contribution in [2.75, 3.05) is 19.8 Å². The van der Waals surface area contributed by atoms with E-state index in [-0.39, 0.29) is 6.42 Å². The van der Waals surface area contributed by atoms with Crippen LogP contribution >= 0.6 is 0 Å². The van der Waals surface area contributed by atoms with E-state index in [4.69, 9.17) is 4.42 Å². The quantitative estimate of drug-likeness (QED) is 0.605. The Morgan fingerprint density at radius 2 is 1.90 bits per heavy atom. The highest BCUT2D eigenvalue weighted by Crippen LogP contribution is 2.22. The van der Waals surface area contributed by atoms with Crippen molar-refractivity contribution in [3.63, 3.8) is 0 Å². The first-order chi connectivity index (χ1) is 10.0. The molecule has 2 aromatic rings. The summed E-state index contributed by atoms with van der Waals surface area (Å²) >= 11 is 0. The van der Waals surface area contributed by atoms with Crippen molar-refractivity contribution in [2.45, 2.75) is 18.9 Å². The normalized spacial score (nSPS) is 11.8. The fourth-order valence-corrected chi connectivity index (χ4v) is 2.11. The molecule has 1 heterocycles. The minimum Gasteiger partial charge on any atom is -0.464 e. The van der Waals surface area contributed by atoms with Gasteiger partial charge in [0.1, 0.15) is 11.1 Å². The lowest BCUT2D eigenvalue weighted by Crippen LogP contribution is -2.57. The zero-order valence-electron chi connectivity index (χ0n) is 11.8. The molecule has 0 fully saturated rings. The number of hydrogen-bond donors (Lipinski definition) is 4. The minimum atomic E-state index is -1.41. The van der Waals surface area contributed by atoms with E-state index >= 15 is 0 Å². The van der Waals surface area contributed by atoms with Gasteiger partial charge in [-0.05, 0) is 18.6 Å². The Kier molecular flexibility index (Phi) is 4.62. The number of fused-ring (bicyclic) bond motifs is 1. The lowest BCUT2D eigenvalue weighted by molar-refractivity contribution is -0.124. The van der Waals surface area contributed by atoms with Crippen LogP contribution in [-0.2, 0) is 11.2 Å². The minimum absolute atomic E-state index is 0.0395. The molecule has 114 valence electrons. The van der Waals surface area contributed by atoms with Crippen molar-refractivity contribution in [3.05, 3.63) is 35.6 Å². The summed E-state index contributed by atoms with van der Waals surface area (Å²) in [4.78, 5) is 12.0. The van der Waals surface area contributed by atoms with Crippen molar-refractivity contribution >= 4 is 16.9 Å². The molecule has 0 atom stereocenters. The molecular formula is C15H19NO5. The molecule has 0 radical (unpaired) electrons. The van der Waals surface area contributed by atoms with Crippen molar-refractivity contribution in [2.24, 2.45) is 0 Å². The number of hydrogen-bond acceptors (Lipinski definition) is 5. The van der Waals surface area contributed by atoms with Gasteiger partial charge in [-0.3, -0.25) is 4.79 Å². The highest BCUT2D eigenvalue weighted by Gasteiger charge is 2.30. The van der Waals surface area contributed by atoms with E-state index in [1.165, 1.54) is 6.26 Å². The second-order valence-electron chi connectivity index (χ2n) is 5.24. The van der Waals surface area contributed by atoms with Gasteiger partial charge < -0.3 is 25.1 Å². The van der Waals surface area contributed by atoms with Crippen molar-refractivity contribution in [1.82, 2.24) is 5.32 Å². The van der Waals surface area contributed by atoms with Crippen LogP contribution in [0.15, 0.2) is 28.9 Å². The molecule has 0 saturated heterocycles. The Labute approximate surface area is 122 Å². The van der Waals surface area contributed by atoms with Crippen molar-refractivity contribution in [1.29, 1.82) is 0 Å². The molecule has 0 spiro atoms. The Bertz CT molecular complexity index is 622. The van der Waals surface area contributed by atoms with E-state index in [9.17, 15) is 20.1 Å². The van der Waals surface area contributed by atoms with Gasteiger partial charge in [-0.15, -0.1) is 0 Å². The number of aliphatic hydroxyl groups is 3. The van der Waals surface area contributed by atoms with E-state index < -0.39 is 31.3 Å². The van der Waals surface area contributed by atoms with Crippen LogP contribution in [0, 0.1) is 6.92 Å². The van der Waals surface area contributed by atoms with Crippen LogP contribution in [-0.4, -0.2) is 46.6 Å². The number of benzene rings is 1. The van der Waals surface area contributed by atoms with Gasteiger partial charge in [0, 0.05) is 10.9 Å². The Morgan fingerprint density at radius 3 is 2.52 bits per heavy atom. The molecule has 21 heavy (non-hydrogen) atoms. The average molecular weight is 293 g/mol. The first-order valence-electron chi connectivity index (χ1n) is 6.64. The van der Waals surface area contributed by atoms with E-state index in [0.29, 0.717) is 11.1 Å². The second kappa shape index (κ2) is 6.26. The number of carbonyl (C=O) groups is 1. The van der Waals surface area contributed by atoms with Gasteiger partial charge >= 0.3 is 0 Å².